The molecule has 0 fully saturated rings. The van der Waals surface area contributed by atoms with Crippen LogP contribution in [0.1, 0.15) is 24.5 Å². The van der Waals surface area contributed by atoms with Crippen molar-refractivity contribution in [3.05, 3.63) is 95.3 Å². The number of aromatic nitrogens is 4. The van der Waals surface area contributed by atoms with Crippen LogP contribution < -0.4 is 15.2 Å². The molecular weight excluding hydrogens is 530 g/mol. The van der Waals surface area contributed by atoms with Gasteiger partial charge in [-0.15, -0.1) is 0 Å². The Morgan fingerprint density at radius 2 is 1.25 bits per heavy atom. The van der Waals surface area contributed by atoms with Gasteiger partial charge in [-0.05, 0) is 35.4 Å². The number of benzene rings is 2. The summed E-state index contributed by atoms with van der Waals surface area (Å²) in [6.45, 7) is 2.23. The quantitative estimate of drug-likeness (QED) is 0.178. The number of aliphatic imine (C=N–C) groups is 1. The van der Waals surface area contributed by atoms with E-state index in [9.17, 15) is 17.6 Å². The summed E-state index contributed by atoms with van der Waals surface area (Å²) in [7, 11) is 3.65. The second-order valence-corrected chi connectivity index (χ2v) is 8.32. The summed E-state index contributed by atoms with van der Waals surface area (Å²) in [6, 6.07) is 11.6. The van der Waals surface area contributed by atoms with E-state index in [1.807, 2.05) is 21.0 Å². The number of rotatable bonds is 8. The number of halogens is 4. The maximum absolute atomic E-state index is 13.8. The normalized spacial score (nSPS) is 10.9. The number of nitrogens with zero attached hydrogens (tertiary/aromatic N) is 6. The van der Waals surface area contributed by atoms with Gasteiger partial charge < -0.3 is 20.1 Å². The minimum absolute atomic E-state index is 0.0173. The largest absolute Gasteiger partial charge is 0.459 e. The molecule has 4 rings (SSSR count). The first-order valence-corrected chi connectivity index (χ1v) is 11.9. The summed E-state index contributed by atoms with van der Waals surface area (Å²) in [5.41, 5.74) is 6.76. The third-order valence-corrected chi connectivity index (χ3v) is 5.08. The predicted octanol–water partition coefficient (Wildman–Crippen LogP) is 5.25. The highest BCUT2D eigenvalue weighted by Crippen LogP contribution is 2.18. The van der Waals surface area contributed by atoms with Gasteiger partial charge in [-0.1, -0.05) is 31.2 Å². The lowest BCUT2D eigenvalue weighted by atomic mass is 10.2. The van der Waals surface area contributed by atoms with E-state index in [4.69, 9.17) is 15.2 Å². The third kappa shape index (κ3) is 9.19. The number of ether oxygens (including phenoxy) is 2. The molecule has 0 unspecified atom stereocenters. The minimum Gasteiger partial charge on any atom is -0.459 e. The Kier molecular flexibility index (Phi) is 10.7. The molecule has 2 aromatic carbocycles. The second-order valence-electron chi connectivity index (χ2n) is 8.32. The fraction of sp³-hybridized carbons (Fsp3) is 0.222. The molecule has 2 N–H and O–H groups in total. The second kappa shape index (κ2) is 14.4. The van der Waals surface area contributed by atoms with Crippen LogP contribution in [0.2, 0.25) is 0 Å². The Labute approximate surface area is 228 Å². The van der Waals surface area contributed by atoms with Gasteiger partial charge in [0.15, 0.2) is 23.3 Å². The highest BCUT2D eigenvalue weighted by atomic mass is 19.1. The van der Waals surface area contributed by atoms with Crippen molar-refractivity contribution in [2.75, 3.05) is 19.8 Å². The van der Waals surface area contributed by atoms with Gasteiger partial charge in [0.25, 0.3) is 0 Å². The molecule has 2 heterocycles. The van der Waals surface area contributed by atoms with Crippen LogP contribution >= 0.6 is 0 Å². The van der Waals surface area contributed by atoms with Gasteiger partial charge in [0.1, 0.15) is 30.7 Å². The van der Waals surface area contributed by atoms with E-state index in [1.165, 1.54) is 24.3 Å². The first-order valence-electron chi connectivity index (χ1n) is 11.9. The lowest BCUT2D eigenvalue weighted by molar-refractivity contribution is 0.279. The molecule has 0 aliphatic rings. The lowest BCUT2D eigenvalue weighted by Gasteiger charge is -2.13. The van der Waals surface area contributed by atoms with Gasteiger partial charge in [0.2, 0.25) is 0 Å². The molecule has 2 aromatic heterocycles. The molecule has 0 aliphatic carbocycles. The zero-order valence-corrected chi connectivity index (χ0v) is 22.0. The summed E-state index contributed by atoms with van der Waals surface area (Å²) < 4.78 is 62.6. The highest BCUT2D eigenvalue weighted by Gasteiger charge is 2.10. The van der Waals surface area contributed by atoms with Crippen LogP contribution in [-0.2, 0) is 13.2 Å². The molecule has 0 bridgehead atoms. The van der Waals surface area contributed by atoms with Gasteiger partial charge in [-0.3, -0.25) is 0 Å². The fourth-order valence-electron chi connectivity index (χ4n) is 3.00. The number of amidine groups is 1. The maximum Gasteiger partial charge on any atom is 0.318 e. The molecular formula is C27H27F4N7O2. The summed E-state index contributed by atoms with van der Waals surface area (Å²) in [5, 5.41) is 0. The minimum atomic E-state index is -0.695. The van der Waals surface area contributed by atoms with Crippen molar-refractivity contribution in [3.63, 3.8) is 0 Å². The molecule has 0 radical (unpaired) electrons. The number of nitrogen functional groups attached to an aromatic ring is 1. The molecule has 0 amide bonds. The molecule has 0 saturated carbocycles. The van der Waals surface area contributed by atoms with Crippen molar-refractivity contribution < 1.29 is 27.0 Å². The summed E-state index contributed by atoms with van der Waals surface area (Å²) >= 11 is 0. The van der Waals surface area contributed by atoms with Crippen molar-refractivity contribution in [1.29, 1.82) is 0 Å². The number of hydrogen-bond acceptors (Lipinski definition) is 8. The van der Waals surface area contributed by atoms with Crippen molar-refractivity contribution in [2.24, 2.45) is 4.99 Å². The van der Waals surface area contributed by atoms with Crippen LogP contribution in [0.15, 0.2) is 65.9 Å². The average molecular weight is 558 g/mol. The topological polar surface area (TPSA) is 112 Å². The van der Waals surface area contributed by atoms with Crippen molar-refractivity contribution in [1.82, 2.24) is 24.8 Å². The maximum atomic E-state index is 13.8. The Balaban J connectivity index is 0.000000230. The van der Waals surface area contributed by atoms with Gasteiger partial charge >= 0.3 is 12.0 Å². The Bertz CT molecular complexity index is 1420. The first-order chi connectivity index (χ1) is 19.1. The molecule has 0 aliphatic heterocycles. The zero-order valence-electron chi connectivity index (χ0n) is 22.0. The summed E-state index contributed by atoms with van der Waals surface area (Å²) in [4.78, 5) is 21.0. The van der Waals surface area contributed by atoms with Crippen LogP contribution in [0.5, 0.6) is 12.0 Å². The van der Waals surface area contributed by atoms with Crippen LogP contribution in [0, 0.1) is 23.3 Å². The SMILES string of the molecule is CCC(=Nc1nc(OCc2ccc(F)cc2)ncc1F)N(C)C.Nc1nc(OCc2ccc(F)cc2)ncc1F. The van der Waals surface area contributed by atoms with E-state index in [2.05, 4.69) is 24.9 Å². The molecule has 0 spiro atoms. The Morgan fingerprint density at radius 1 is 0.775 bits per heavy atom. The highest BCUT2D eigenvalue weighted by molar-refractivity contribution is 5.83. The Hall–Kier alpha value is -4.81. The van der Waals surface area contributed by atoms with Gasteiger partial charge in [0.05, 0.1) is 12.4 Å². The van der Waals surface area contributed by atoms with Crippen LogP contribution in [0.25, 0.3) is 0 Å². The van der Waals surface area contributed by atoms with Crippen molar-refractivity contribution in [2.45, 2.75) is 26.6 Å². The van der Waals surface area contributed by atoms with Crippen LogP contribution in [0.4, 0.5) is 29.2 Å². The molecule has 9 nitrogen and oxygen atoms in total. The number of nitrogens with two attached hydrogens (primary N) is 1. The predicted molar refractivity (Wildman–Crippen MR) is 141 cm³/mol. The monoisotopic (exact) mass is 557 g/mol. The van der Waals surface area contributed by atoms with Crippen LogP contribution in [-0.4, -0.2) is 44.8 Å². The molecule has 0 saturated heterocycles. The molecule has 210 valence electrons. The fourth-order valence-corrected chi connectivity index (χ4v) is 3.00. The van der Waals surface area contributed by atoms with E-state index in [0.29, 0.717) is 12.3 Å². The van der Waals surface area contributed by atoms with Crippen molar-refractivity contribution >= 4 is 17.5 Å². The average Bonchev–Trinajstić information content (AvgIpc) is 2.94. The lowest BCUT2D eigenvalue weighted by Crippen LogP contribution is -2.20. The van der Waals surface area contributed by atoms with E-state index in [-0.39, 0.29) is 48.5 Å². The first kappa shape index (κ1) is 29.7. The Morgan fingerprint density at radius 3 is 1.70 bits per heavy atom. The van der Waals surface area contributed by atoms with Crippen LogP contribution in [0.3, 0.4) is 0 Å². The zero-order chi connectivity index (χ0) is 29.1. The molecule has 40 heavy (non-hydrogen) atoms. The van der Waals surface area contributed by atoms with Gasteiger partial charge in [-0.2, -0.15) is 9.97 Å². The van der Waals surface area contributed by atoms with Crippen molar-refractivity contribution in [3.8, 4) is 12.0 Å². The van der Waals surface area contributed by atoms with Gasteiger partial charge in [0, 0.05) is 20.5 Å². The van der Waals surface area contributed by atoms with E-state index >= 15 is 0 Å². The van der Waals surface area contributed by atoms with E-state index in [1.54, 1.807) is 29.2 Å². The standard InChI is InChI=1S/C16H18F2N4O.C11H9F2N3O/c1-4-14(22(2)3)20-15-13(18)9-19-16(21-15)23-10-11-5-7-12(17)8-6-11;12-8-3-1-7(2-4-8)6-17-11-15-5-9(13)10(14)16-11/h5-9H,4,10H2,1-3H3;1-5H,6H2,(H2,14,15,16). The smallest absolute Gasteiger partial charge is 0.318 e. The summed E-state index contributed by atoms with van der Waals surface area (Å²) in [6.07, 6.45) is 2.60. The summed E-state index contributed by atoms with van der Waals surface area (Å²) in [5.74, 6) is -1.61. The number of anilines is 1. The molecule has 0 atom stereocenters. The number of hydrogen-bond donors (Lipinski definition) is 1. The third-order valence-electron chi connectivity index (χ3n) is 5.08. The van der Waals surface area contributed by atoms with E-state index in [0.717, 1.165) is 23.5 Å². The molecule has 4 aromatic rings. The van der Waals surface area contributed by atoms with Gasteiger partial charge in [-0.25, -0.2) is 32.5 Å². The molecule has 13 heteroatoms. The van der Waals surface area contributed by atoms with E-state index < -0.39 is 11.6 Å².